The summed E-state index contributed by atoms with van der Waals surface area (Å²) in [5.74, 6) is 0.659. The smallest absolute Gasteiger partial charge is 0.234 e. The number of carbonyl (C=O) groups is 1. The van der Waals surface area contributed by atoms with Gasteiger partial charge in [-0.15, -0.1) is 11.8 Å². The van der Waals surface area contributed by atoms with Gasteiger partial charge in [-0.05, 0) is 44.5 Å². The largest absolute Gasteiger partial charge is 0.325 e. The fourth-order valence-corrected chi connectivity index (χ4v) is 3.08. The third kappa shape index (κ3) is 4.03. The molecule has 0 radical (unpaired) electrons. The number of hydrogen-bond donors (Lipinski definition) is 2. The van der Waals surface area contributed by atoms with Crippen molar-refractivity contribution in [3.05, 3.63) is 29.8 Å². The van der Waals surface area contributed by atoms with Crippen LogP contribution in [0.25, 0.3) is 0 Å². The number of piperidine rings is 1. The minimum atomic E-state index is 0.104. The summed E-state index contributed by atoms with van der Waals surface area (Å²) in [5.41, 5.74) is 2.03. The van der Waals surface area contributed by atoms with Gasteiger partial charge in [0.05, 0.1) is 5.75 Å². The first-order valence-corrected chi connectivity index (χ1v) is 7.48. The Kier molecular flexibility index (Phi) is 5.08. The standard InChI is InChI=1S/C14H20N2OS/c1-11-4-2-3-5-13(11)16-14(17)10-18-12-6-8-15-9-7-12/h2-5,12,15H,6-10H2,1H3,(H,16,17). The van der Waals surface area contributed by atoms with Gasteiger partial charge in [0.1, 0.15) is 0 Å². The number of aryl methyl sites for hydroxylation is 1. The lowest BCUT2D eigenvalue weighted by molar-refractivity contribution is -0.113. The van der Waals surface area contributed by atoms with Crippen molar-refractivity contribution in [1.82, 2.24) is 5.32 Å². The average Bonchev–Trinajstić information content (AvgIpc) is 2.40. The summed E-state index contributed by atoms with van der Waals surface area (Å²) in [6.45, 7) is 4.17. The summed E-state index contributed by atoms with van der Waals surface area (Å²) < 4.78 is 0. The van der Waals surface area contributed by atoms with Crippen molar-refractivity contribution >= 4 is 23.4 Å². The van der Waals surface area contributed by atoms with E-state index in [2.05, 4.69) is 10.6 Å². The summed E-state index contributed by atoms with van der Waals surface area (Å²) in [7, 11) is 0. The van der Waals surface area contributed by atoms with Crippen molar-refractivity contribution in [3.63, 3.8) is 0 Å². The predicted molar refractivity (Wildman–Crippen MR) is 78.2 cm³/mol. The maximum atomic E-state index is 11.9. The van der Waals surface area contributed by atoms with Gasteiger partial charge in [-0.25, -0.2) is 0 Å². The topological polar surface area (TPSA) is 41.1 Å². The molecule has 4 heteroatoms. The first-order valence-electron chi connectivity index (χ1n) is 6.43. The quantitative estimate of drug-likeness (QED) is 0.877. The van der Waals surface area contributed by atoms with Crippen molar-refractivity contribution in [2.45, 2.75) is 25.0 Å². The Bertz CT molecular complexity index is 403. The van der Waals surface area contributed by atoms with Gasteiger partial charge in [0.15, 0.2) is 0 Å². The third-order valence-electron chi connectivity index (χ3n) is 3.16. The van der Waals surface area contributed by atoms with E-state index in [4.69, 9.17) is 0 Å². The van der Waals surface area contributed by atoms with Gasteiger partial charge in [0, 0.05) is 10.9 Å². The normalized spacial score (nSPS) is 16.5. The van der Waals surface area contributed by atoms with Crippen molar-refractivity contribution in [2.24, 2.45) is 0 Å². The summed E-state index contributed by atoms with van der Waals surface area (Å²) in [4.78, 5) is 11.9. The second-order valence-electron chi connectivity index (χ2n) is 4.62. The summed E-state index contributed by atoms with van der Waals surface area (Å²) >= 11 is 1.78. The van der Waals surface area contributed by atoms with E-state index < -0.39 is 0 Å². The van der Waals surface area contributed by atoms with E-state index in [0.29, 0.717) is 11.0 Å². The van der Waals surface area contributed by atoms with Crippen molar-refractivity contribution in [3.8, 4) is 0 Å². The van der Waals surface area contributed by atoms with E-state index in [1.54, 1.807) is 11.8 Å². The Labute approximate surface area is 113 Å². The number of nitrogens with one attached hydrogen (secondary N) is 2. The zero-order chi connectivity index (χ0) is 12.8. The second kappa shape index (κ2) is 6.81. The highest BCUT2D eigenvalue weighted by Crippen LogP contribution is 2.20. The molecular formula is C14H20N2OS. The van der Waals surface area contributed by atoms with Gasteiger partial charge >= 0.3 is 0 Å². The van der Waals surface area contributed by atoms with E-state index in [1.807, 2.05) is 31.2 Å². The van der Waals surface area contributed by atoms with E-state index in [9.17, 15) is 4.79 Å². The number of carbonyl (C=O) groups excluding carboxylic acids is 1. The van der Waals surface area contributed by atoms with E-state index in [-0.39, 0.29) is 5.91 Å². The maximum Gasteiger partial charge on any atom is 0.234 e. The molecule has 0 spiro atoms. The van der Waals surface area contributed by atoms with Crippen molar-refractivity contribution in [1.29, 1.82) is 0 Å². The SMILES string of the molecule is Cc1ccccc1NC(=O)CSC1CCNCC1. The van der Waals surface area contributed by atoms with Gasteiger partial charge in [0.2, 0.25) is 5.91 Å². The molecule has 0 unspecified atom stereocenters. The van der Waals surface area contributed by atoms with Gasteiger partial charge in [0.25, 0.3) is 0 Å². The van der Waals surface area contributed by atoms with Crippen LogP contribution < -0.4 is 10.6 Å². The molecule has 0 aliphatic carbocycles. The lowest BCUT2D eigenvalue weighted by Crippen LogP contribution is -2.30. The van der Waals surface area contributed by atoms with Gasteiger partial charge < -0.3 is 10.6 Å². The minimum Gasteiger partial charge on any atom is -0.325 e. The molecule has 0 atom stereocenters. The molecule has 1 fully saturated rings. The highest BCUT2D eigenvalue weighted by Gasteiger charge is 2.15. The third-order valence-corrected chi connectivity index (χ3v) is 4.53. The first-order chi connectivity index (χ1) is 8.75. The van der Waals surface area contributed by atoms with Crippen LogP contribution in [0.2, 0.25) is 0 Å². The number of benzene rings is 1. The van der Waals surface area contributed by atoms with Crippen LogP contribution in [0.3, 0.4) is 0 Å². The number of rotatable bonds is 4. The zero-order valence-corrected chi connectivity index (χ0v) is 11.6. The summed E-state index contributed by atoms with van der Waals surface area (Å²) in [6.07, 6.45) is 2.34. The Balaban J connectivity index is 1.76. The van der Waals surface area contributed by atoms with E-state index in [0.717, 1.165) is 24.3 Å². The lowest BCUT2D eigenvalue weighted by Gasteiger charge is -2.21. The maximum absolute atomic E-state index is 11.9. The van der Waals surface area contributed by atoms with Gasteiger partial charge in [-0.3, -0.25) is 4.79 Å². The average molecular weight is 264 g/mol. The van der Waals surface area contributed by atoms with Crippen LogP contribution in [-0.4, -0.2) is 30.0 Å². The first kappa shape index (κ1) is 13.4. The predicted octanol–water partition coefficient (Wildman–Crippen LogP) is 2.42. The molecule has 18 heavy (non-hydrogen) atoms. The fourth-order valence-electron chi connectivity index (χ4n) is 2.06. The number of amides is 1. The molecule has 1 aliphatic heterocycles. The van der Waals surface area contributed by atoms with Crippen molar-refractivity contribution in [2.75, 3.05) is 24.2 Å². The Morgan fingerprint density at radius 1 is 1.39 bits per heavy atom. The number of anilines is 1. The van der Waals surface area contributed by atoms with Crippen molar-refractivity contribution < 1.29 is 4.79 Å². The van der Waals surface area contributed by atoms with Crippen LogP contribution in [0.1, 0.15) is 18.4 Å². The van der Waals surface area contributed by atoms with Gasteiger partial charge in [-0.1, -0.05) is 18.2 Å². The van der Waals surface area contributed by atoms with E-state index in [1.165, 1.54) is 12.8 Å². The molecule has 0 bridgehead atoms. The Morgan fingerprint density at radius 3 is 2.83 bits per heavy atom. The Morgan fingerprint density at radius 2 is 2.11 bits per heavy atom. The molecule has 0 aromatic heterocycles. The lowest BCUT2D eigenvalue weighted by atomic mass is 10.2. The molecular weight excluding hydrogens is 244 g/mol. The molecule has 1 saturated heterocycles. The molecule has 2 N–H and O–H groups in total. The zero-order valence-electron chi connectivity index (χ0n) is 10.7. The van der Waals surface area contributed by atoms with Crippen LogP contribution in [0.5, 0.6) is 0 Å². The van der Waals surface area contributed by atoms with Crippen LogP contribution in [-0.2, 0) is 4.79 Å². The van der Waals surface area contributed by atoms with Gasteiger partial charge in [-0.2, -0.15) is 0 Å². The molecule has 1 heterocycles. The molecule has 2 rings (SSSR count). The summed E-state index contributed by atoms with van der Waals surface area (Å²) in [6, 6.07) is 7.88. The van der Waals surface area contributed by atoms with E-state index >= 15 is 0 Å². The van der Waals surface area contributed by atoms with Crippen LogP contribution >= 0.6 is 11.8 Å². The van der Waals surface area contributed by atoms with Crippen LogP contribution in [0.4, 0.5) is 5.69 Å². The number of thioether (sulfide) groups is 1. The molecule has 0 saturated carbocycles. The second-order valence-corrected chi connectivity index (χ2v) is 5.91. The highest BCUT2D eigenvalue weighted by molar-refractivity contribution is 8.00. The monoisotopic (exact) mass is 264 g/mol. The van der Waals surface area contributed by atoms with Crippen LogP contribution in [0.15, 0.2) is 24.3 Å². The molecule has 1 aromatic rings. The number of para-hydroxylation sites is 1. The minimum absolute atomic E-state index is 0.104. The highest BCUT2D eigenvalue weighted by atomic mass is 32.2. The molecule has 1 amide bonds. The Hall–Kier alpha value is -1.000. The molecule has 98 valence electrons. The molecule has 3 nitrogen and oxygen atoms in total. The number of hydrogen-bond acceptors (Lipinski definition) is 3. The molecule has 1 aromatic carbocycles. The molecule has 1 aliphatic rings. The summed E-state index contributed by atoms with van der Waals surface area (Å²) in [5, 5.41) is 6.94. The fraction of sp³-hybridized carbons (Fsp3) is 0.500. The van der Waals surface area contributed by atoms with Crippen LogP contribution in [0, 0.1) is 6.92 Å².